The lowest BCUT2D eigenvalue weighted by atomic mass is 9.86. The van der Waals surface area contributed by atoms with Crippen LogP contribution in [0.2, 0.25) is 5.02 Å². The summed E-state index contributed by atoms with van der Waals surface area (Å²) < 4.78 is 21.0. The maximum absolute atomic E-state index is 14.2. The molecule has 36 heavy (non-hydrogen) atoms. The van der Waals surface area contributed by atoms with Crippen LogP contribution in [0.15, 0.2) is 42.5 Å². The molecule has 1 atom stereocenters. The van der Waals surface area contributed by atoms with E-state index in [1.807, 2.05) is 0 Å². The second-order valence-corrected chi connectivity index (χ2v) is 9.13. The standard InChI is InChI=1S/C25H27ClFN5O4/c1-36-18-9-16(10-18)32(17(14-33)12-29-11-15-5-4-7-20(26)23(15)27)22(34)13-31-21-8-3-2-6-19(21)24(30-31)25(28)35/h2-8,14,16-18,29H,9-13H2,1H3,(H2,28,35)/t16-,17?,18-. The highest BCUT2D eigenvalue weighted by Crippen LogP contribution is 2.30. The van der Waals surface area contributed by atoms with Crippen molar-refractivity contribution in [2.45, 2.75) is 44.1 Å². The Hall–Kier alpha value is -3.34. The Kier molecular flexibility index (Phi) is 7.97. The number of aldehydes is 1. The zero-order valence-corrected chi connectivity index (χ0v) is 20.5. The summed E-state index contributed by atoms with van der Waals surface area (Å²) in [5.74, 6) is -1.56. The molecule has 1 unspecified atom stereocenters. The maximum Gasteiger partial charge on any atom is 0.269 e. The number of methoxy groups -OCH3 is 1. The molecule has 1 fully saturated rings. The Morgan fingerprint density at radius 2 is 2.06 bits per heavy atom. The zero-order valence-electron chi connectivity index (χ0n) is 19.7. The first-order valence-corrected chi connectivity index (χ1v) is 11.9. The minimum atomic E-state index is -0.806. The van der Waals surface area contributed by atoms with Gasteiger partial charge in [0.2, 0.25) is 5.91 Å². The highest BCUT2D eigenvalue weighted by Gasteiger charge is 2.39. The number of nitrogens with one attached hydrogen (secondary N) is 1. The number of carbonyl (C=O) groups excluding carboxylic acids is 3. The van der Waals surface area contributed by atoms with Gasteiger partial charge in [-0.15, -0.1) is 0 Å². The quantitative estimate of drug-likeness (QED) is 0.378. The van der Waals surface area contributed by atoms with E-state index in [-0.39, 0.29) is 48.4 Å². The number of hydrogen-bond acceptors (Lipinski definition) is 6. The number of rotatable bonds is 11. The summed E-state index contributed by atoms with van der Waals surface area (Å²) in [6.45, 7) is 0.0623. The monoisotopic (exact) mass is 515 g/mol. The number of nitrogens with zero attached hydrogens (tertiary/aromatic N) is 3. The van der Waals surface area contributed by atoms with Crippen LogP contribution in [0.25, 0.3) is 10.9 Å². The van der Waals surface area contributed by atoms with Crippen LogP contribution in [0.4, 0.5) is 4.39 Å². The van der Waals surface area contributed by atoms with Crippen LogP contribution >= 0.6 is 11.6 Å². The van der Waals surface area contributed by atoms with Crippen LogP contribution in [0.5, 0.6) is 0 Å². The van der Waals surface area contributed by atoms with Gasteiger partial charge >= 0.3 is 0 Å². The Bertz CT molecular complexity index is 1280. The van der Waals surface area contributed by atoms with Crippen molar-refractivity contribution in [3.63, 3.8) is 0 Å². The summed E-state index contributed by atoms with van der Waals surface area (Å²) in [5, 5.41) is 7.88. The third-order valence-corrected chi connectivity index (χ3v) is 6.77. The molecule has 4 rings (SSSR count). The van der Waals surface area contributed by atoms with Gasteiger partial charge in [0.1, 0.15) is 24.7 Å². The van der Waals surface area contributed by atoms with Crippen molar-refractivity contribution in [3.05, 3.63) is 64.6 Å². The van der Waals surface area contributed by atoms with E-state index >= 15 is 0 Å². The second-order valence-electron chi connectivity index (χ2n) is 8.72. The Morgan fingerprint density at radius 1 is 1.31 bits per heavy atom. The molecule has 0 saturated heterocycles. The number of fused-ring (bicyclic) bond motifs is 1. The van der Waals surface area contributed by atoms with Crippen LogP contribution in [0.1, 0.15) is 28.9 Å². The summed E-state index contributed by atoms with van der Waals surface area (Å²) in [5.41, 5.74) is 6.49. The van der Waals surface area contributed by atoms with Gasteiger partial charge in [-0.2, -0.15) is 5.10 Å². The molecule has 1 aliphatic carbocycles. The summed E-state index contributed by atoms with van der Waals surface area (Å²) in [6.07, 6.45) is 1.87. The molecule has 2 aromatic carbocycles. The summed E-state index contributed by atoms with van der Waals surface area (Å²) in [6, 6.07) is 10.7. The van der Waals surface area contributed by atoms with Gasteiger partial charge in [-0.25, -0.2) is 4.39 Å². The molecular formula is C25H27ClFN5O4. The summed E-state index contributed by atoms with van der Waals surface area (Å²) in [7, 11) is 1.60. The van der Waals surface area contributed by atoms with Crippen LogP contribution in [0, 0.1) is 5.82 Å². The SMILES string of the molecule is CO[C@H]1C[C@H](N(C(=O)Cn2nc(C(N)=O)c3ccccc32)C(C=O)CNCc2cccc(Cl)c2F)C1. The molecule has 1 aliphatic rings. The van der Waals surface area contributed by atoms with Crippen molar-refractivity contribution in [1.82, 2.24) is 20.0 Å². The predicted molar refractivity (Wildman–Crippen MR) is 132 cm³/mol. The molecule has 3 N–H and O–H groups in total. The van der Waals surface area contributed by atoms with E-state index in [2.05, 4.69) is 10.4 Å². The topological polar surface area (TPSA) is 120 Å². The molecule has 2 amide bonds. The third kappa shape index (κ3) is 5.25. The molecule has 190 valence electrons. The number of halogens is 2. The van der Waals surface area contributed by atoms with E-state index in [9.17, 15) is 18.8 Å². The summed E-state index contributed by atoms with van der Waals surface area (Å²) >= 11 is 5.85. The number of nitrogens with two attached hydrogens (primary N) is 1. The zero-order chi connectivity index (χ0) is 25.8. The van der Waals surface area contributed by atoms with Crippen molar-refractivity contribution in [2.24, 2.45) is 5.73 Å². The number of carbonyl (C=O) groups is 3. The van der Waals surface area contributed by atoms with Crippen molar-refractivity contribution in [3.8, 4) is 0 Å². The van der Waals surface area contributed by atoms with E-state index in [4.69, 9.17) is 22.1 Å². The molecule has 0 radical (unpaired) electrons. The average Bonchev–Trinajstić information content (AvgIpc) is 3.20. The number of hydrogen-bond donors (Lipinski definition) is 2. The number of aromatic nitrogens is 2. The molecule has 0 bridgehead atoms. The number of ether oxygens (including phenoxy) is 1. The number of primary amides is 1. The normalized spacial score (nSPS) is 18.0. The van der Waals surface area contributed by atoms with Crippen LogP contribution in [-0.4, -0.2) is 64.6 Å². The van der Waals surface area contributed by atoms with Crippen LogP contribution < -0.4 is 11.1 Å². The Morgan fingerprint density at radius 3 is 2.75 bits per heavy atom. The average molecular weight is 516 g/mol. The molecule has 0 aliphatic heterocycles. The lowest BCUT2D eigenvalue weighted by Crippen LogP contribution is -2.58. The van der Waals surface area contributed by atoms with Crippen molar-refractivity contribution >= 4 is 40.6 Å². The van der Waals surface area contributed by atoms with E-state index in [1.165, 1.54) is 15.6 Å². The first kappa shape index (κ1) is 25.7. The first-order valence-electron chi connectivity index (χ1n) is 11.5. The highest BCUT2D eigenvalue weighted by atomic mass is 35.5. The van der Waals surface area contributed by atoms with Crippen molar-refractivity contribution in [1.29, 1.82) is 0 Å². The molecule has 0 spiro atoms. The Balaban J connectivity index is 1.53. The minimum absolute atomic E-state index is 0.00174. The molecule has 1 aromatic heterocycles. The number of benzene rings is 2. The number of amides is 2. The van der Waals surface area contributed by atoms with Crippen molar-refractivity contribution < 1.29 is 23.5 Å². The largest absolute Gasteiger partial charge is 0.381 e. The van der Waals surface area contributed by atoms with Gasteiger partial charge < -0.3 is 25.5 Å². The summed E-state index contributed by atoms with van der Waals surface area (Å²) in [4.78, 5) is 39.1. The van der Waals surface area contributed by atoms with E-state index in [0.29, 0.717) is 35.6 Å². The van der Waals surface area contributed by atoms with Gasteiger partial charge in [-0.05, 0) is 25.0 Å². The van der Waals surface area contributed by atoms with Crippen LogP contribution in [0.3, 0.4) is 0 Å². The number of para-hydroxylation sites is 1. The Labute approximate surface area is 212 Å². The molecule has 9 nitrogen and oxygen atoms in total. The van der Waals surface area contributed by atoms with E-state index in [0.717, 1.165) is 0 Å². The fraction of sp³-hybridized carbons (Fsp3) is 0.360. The van der Waals surface area contributed by atoms with Gasteiger partial charge in [0.25, 0.3) is 5.91 Å². The van der Waals surface area contributed by atoms with E-state index in [1.54, 1.807) is 43.5 Å². The lowest BCUT2D eigenvalue weighted by molar-refractivity contribution is -0.146. The second kappa shape index (κ2) is 11.2. The first-order chi connectivity index (χ1) is 17.3. The van der Waals surface area contributed by atoms with E-state index < -0.39 is 17.8 Å². The lowest BCUT2D eigenvalue weighted by Gasteiger charge is -2.44. The maximum atomic E-state index is 14.2. The molecule has 11 heteroatoms. The van der Waals surface area contributed by atoms with Gasteiger partial charge in [0.05, 0.1) is 16.6 Å². The van der Waals surface area contributed by atoms with Crippen molar-refractivity contribution in [2.75, 3.05) is 13.7 Å². The highest BCUT2D eigenvalue weighted by molar-refractivity contribution is 6.30. The smallest absolute Gasteiger partial charge is 0.269 e. The molecular weight excluding hydrogens is 489 g/mol. The fourth-order valence-electron chi connectivity index (χ4n) is 4.51. The van der Waals surface area contributed by atoms with Crippen LogP contribution in [-0.2, 0) is 27.4 Å². The predicted octanol–water partition coefficient (Wildman–Crippen LogP) is 2.29. The molecule has 1 saturated carbocycles. The minimum Gasteiger partial charge on any atom is -0.381 e. The fourth-order valence-corrected chi connectivity index (χ4v) is 4.70. The van der Waals surface area contributed by atoms with Gasteiger partial charge in [-0.1, -0.05) is 41.9 Å². The molecule has 1 heterocycles. The third-order valence-electron chi connectivity index (χ3n) is 6.48. The van der Waals surface area contributed by atoms with Gasteiger partial charge in [-0.3, -0.25) is 14.3 Å². The van der Waals surface area contributed by atoms with Gasteiger partial charge in [0, 0.05) is 37.2 Å². The molecule has 3 aromatic rings. The van der Waals surface area contributed by atoms with Gasteiger partial charge in [0.15, 0.2) is 5.69 Å².